The minimum Gasteiger partial charge on any atom is -0.488 e. The summed E-state index contributed by atoms with van der Waals surface area (Å²) in [6, 6.07) is 4.73. The molecule has 3 aromatic rings. The number of hydrogen-bond acceptors (Lipinski definition) is 5. The Morgan fingerprint density at radius 3 is 2.79 bits per heavy atom. The molecule has 146 valence electrons. The lowest BCUT2D eigenvalue weighted by Crippen LogP contribution is -2.25. The highest BCUT2D eigenvalue weighted by Crippen LogP contribution is 2.42. The number of carbonyl (C=O) groups is 1. The van der Waals surface area contributed by atoms with Gasteiger partial charge in [0.25, 0.3) is 0 Å². The first kappa shape index (κ1) is 17.7. The van der Waals surface area contributed by atoms with E-state index in [2.05, 4.69) is 40.8 Å². The molecule has 1 aliphatic carbocycles. The number of benzene rings is 1. The van der Waals surface area contributed by atoms with E-state index >= 15 is 0 Å². The maximum absolute atomic E-state index is 11.6. The van der Waals surface area contributed by atoms with Gasteiger partial charge in [-0.2, -0.15) is 0 Å². The molecule has 28 heavy (non-hydrogen) atoms. The van der Waals surface area contributed by atoms with E-state index in [4.69, 9.17) is 9.72 Å². The van der Waals surface area contributed by atoms with Gasteiger partial charge in [-0.1, -0.05) is 0 Å². The number of aromatic nitrogens is 3. The molecule has 0 radical (unpaired) electrons. The molecule has 0 unspecified atom stereocenters. The zero-order valence-electron chi connectivity index (χ0n) is 16.4. The minimum atomic E-state index is -0.0558. The second kappa shape index (κ2) is 6.58. The average molecular weight is 397 g/mol. The van der Waals surface area contributed by atoms with Crippen molar-refractivity contribution < 1.29 is 9.53 Å². The highest BCUT2D eigenvalue weighted by atomic mass is 32.1. The Hall–Kier alpha value is -2.41. The zero-order valence-corrected chi connectivity index (χ0v) is 17.2. The maximum Gasteiger partial charge on any atom is 0.220 e. The maximum atomic E-state index is 11.6. The van der Waals surface area contributed by atoms with Crippen LogP contribution in [0.2, 0.25) is 0 Å². The number of rotatable bonds is 5. The lowest BCUT2D eigenvalue weighted by molar-refractivity contribution is -0.119. The summed E-state index contributed by atoms with van der Waals surface area (Å²) < 4.78 is 8.71. The predicted molar refractivity (Wildman–Crippen MR) is 110 cm³/mol. The number of carbonyl (C=O) groups excluding carboxylic acids is 1. The molecule has 2 aliphatic rings. The average Bonchev–Trinajstić information content (AvgIpc) is 3.10. The lowest BCUT2D eigenvalue weighted by Gasteiger charge is -2.21. The third-order valence-electron chi connectivity index (χ3n) is 5.84. The molecule has 1 aliphatic heterocycles. The molecule has 2 atom stereocenters. The fourth-order valence-corrected chi connectivity index (χ4v) is 4.73. The number of nitrogens with one attached hydrogen (secondary N) is 1. The fourth-order valence-electron chi connectivity index (χ4n) is 3.83. The summed E-state index contributed by atoms with van der Waals surface area (Å²) in [7, 11) is 0. The molecule has 3 heterocycles. The first-order chi connectivity index (χ1) is 13.5. The number of nitrogens with zero attached hydrogens (tertiary/aromatic N) is 3. The van der Waals surface area contributed by atoms with Gasteiger partial charge in [0.05, 0.1) is 17.5 Å². The molecule has 2 aromatic heterocycles. The lowest BCUT2D eigenvalue weighted by atomic mass is 10.0. The molecule has 1 aromatic carbocycles. The van der Waals surface area contributed by atoms with Crippen molar-refractivity contribution in [2.45, 2.75) is 52.2 Å². The van der Waals surface area contributed by atoms with Crippen molar-refractivity contribution in [2.24, 2.45) is 5.92 Å². The van der Waals surface area contributed by atoms with E-state index in [1.54, 1.807) is 11.3 Å². The fraction of sp³-hybridized carbons (Fsp3) is 0.476. The molecule has 6 nitrogen and oxygen atoms in total. The molecule has 1 amide bonds. The topological polar surface area (TPSA) is 69.0 Å². The quantitative estimate of drug-likeness (QED) is 0.707. The Balaban J connectivity index is 1.57. The van der Waals surface area contributed by atoms with Gasteiger partial charge in [0, 0.05) is 35.4 Å². The van der Waals surface area contributed by atoms with Crippen LogP contribution in [0.25, 0.3) is 21.6 Å². The molecule has 2 fully saturated rings. The van der Waals surface area contributed by atoms with Gasteiger partial charge in [-0.25, -0.2) is 9.97 Å². The highest BCUT2D eigenvalue weighted by Gasteiger charge is 2.30. The van der Waals surface area contributed by atoms with Crippen LogP contribution < -0.4 is 10.1 Å². The number of aryl methyl sites for hydroxylation is 2. The van der Waals surface area contributed by atoms with Crippen LogP contribution in [0.4, 0.5) is 0 Å². The second-order valence-electron chi connectivity index (χ2n) is 7.98. The summed E-state index contributed by atoms with van der Waals surface area (Å²) in [5.41, 5.74) is 4.10. The van der Waals surface area contributed by atoms with Gasteiger partial charge in [0.15, 0.2) is 0 Å². The standard InChI is InChI=1S/C21H24N4O2S/c1-11-13(3)28-21(24-11)14-6-17-20(25(10-23-17)16-4-5-16)18(7-14)27-12(2)15-8-19(26)22-9-15/h6-7,10,12,15-16H,4-5,8-9H2,1-3H3,(H,22,26)/t12-,15-/m1/s1. The smallest absolute Gasteiger partial charge is 0.220 e. The molecule has 7 heteroatoms. The third kappa shape index (κ3) is 3.07. The number of hydrogen-bond donors (Lipinski definition) is 1. The predicted octanol–water partition coefficient (Wildman–Crippen LogP) is 4.01. The van der Waals surface area contributed by atoms with Gasteiger partial charge in [0.1, 0.15) is 22.4 Å². The second-order valence-corrected chi connectivity index (χ2v) is 9.18. The highest BCUT2D eigenvalue weighted by molar-refractivity contribution is 7.15. The molecule has 0 bridgehead atoms. The van der Waals surface area contributed by atoms with Crippen molar-refractivity contribution in [1.29, 1.82) is 0 Å². The number of thiazole rings is 1. The third-order valence-corrected chi connectivity index (χ3v) is 6.96. The number of ether oxygens (including phenoxy) is 1. The summed E-state index contributed by atoms with van der Waals surface area (Å²) in [6.07, 6.45) is 4.78. The summed E-state index contributed by atoms with van der Waals surface area (Å²) in [4.78, 5) is 22.2. The Labute approximate surface area is 167 Å². The van der Waals surface area contributed by atoms with Gasteiger partial charge in [-0.05, 0) is 45.7 Å². The van der Waals surface area contributed by atoms with Gasteiger partial charge in [-0.15, -0.1) is 11.3 Å². The monoisotopic (exact) mass is 396 g/mol. The van der Waals surface area contributed by atoms with Gasteiger partial charge in [-0.3, -0.25) is 4.79 Å². The van der Waals surface area contributed by atoms with E-state index in [1.165, 1.54) is 17.7 Å². The van der Waals surface area contributed by atoms with Crippen LogP contribution in [0, 0.1) is 19.8 Å². The van der Waals surface area contributed by atoms with Crippen molar-refractivity contribution in [3.63, 3.8) is 0 Å². The van der Waals surface area contributed by atoms with Crippen molar-refractivity contribution >= 4 is 28.3 Å². The minimum absolute atomic E-state index is 0.0558. The Morgan fingerprint density at radius 1 is 1.32 bits per heavy atom. The number of imidazole rings is 1. The van der Waals surface area contributed by atoms with Crippen molar-refractivity contribution in [2.75, 3.05) is 6.54 Å². The first-order valence-electron chi connectivity index (χ1n) is 9.88. The van der Waals surface area contributed by atoms with E-state index in [1.807, 2.05) is 13.3 Å². The first-order valence-corrected chi connectivity index (χ1v) is 10.7. The Kier molecular flexibility index (Phi) is 4.16. The molecular formula is C21H24N4O2S. The van der Waals surface area contributed by atoms with Crippen LogP contribution in [0.1, 0.15) is 42.8 Å². The molecule has 1 saturated carbocycles. The molecule has 0 spiro atoms. The number of fused-ring (bicyclic) bond motifs is 1. The zero-order chi connectivity index (χ0) is 19.4. The van der Waals surface area contributed by atoms with Gasteiger partial charge in [0.2, 0.25) is 5.91 Å². The largest absolute Gasteiger partial charge is 0.488 e. The molecule has 1 saturated heterocycles. The van der Waals surface area contributed by atoms with E-state index in [-0.39, 0.29) is 17.9 Å². The summed E-state index contributed by atoms with van der Waals surface area (Å²) in [5.74, 6) is 1.14. The van der Waals surface area contributed by atoms with Gasteiger partial charge >= 0.3 is 0 Å². The van der Waals surface area contributed by atoms with Gasteiger partial charge < -0.3 is 14.6 Å². The molecule has 5 rings (SSSR count). The van der Waals surface area contributed by atoms with Crippen molar-refractivity contribution in [3.05, 3.63) is 29.0 Å². The van der Waals surface area contributed by atoms with Crippen molar-refractivity contribution in [1.82, 2.24) is 19.9 Å². The van der Waals surface area contributed by atoms with E-state index in [0.29, 0.717) is 19.0 Å². The van der Waals surface area contributed by atoms with E-state index in [0.717, 1.165) is 33.0 Å². The van der Waals surface area contributed by atoms with Crippen LogP contribution in [0.5, 0.6) is 5.75 Å². The van der Waals surface area contributed by atoms with Crippen LogP contribution in [-0.2, 0) is 4.79 Å². The normalized spacial score (nSPS) is 20.5. The van der Waals surface area contributed by atoms with Crippen LogP contribution >= 0.6 is 11.3 Å². The van der Waals surface area contributed by atoms with E-state index in [9.17, 15) is 4.79 Å². The molecule has 1 N–H and O–H groups in total. The SMILES string of the molecule is Cc1nc(-c2cc(O[C@H](C)[C@H]3CNC(=O)C3)c3c(c2)ncn3C2CC2)sc1C. The Morgan fingerprint density at radius 2 is 2.14 bits per heavy atom. The van der Waals surface area contributed by atoms with E-state index < -0.39 is 0 Å². The summed E-state index contributed by atoms with van der Waals surface area (Å²) in [5, 5.41) is 3.90. The van der Waals surface area contributed by atoms with Crippen molar-refractivity contribution in [3.8, 4) is 16.3 Å². The Bertz CT molecular complexity index is 1050. The van der Waals surface area contributed by atoms with Crippen LogP contribution in [0.3, 0.4) is 0 Å². The summed E-state index contributed by atoms with van der Waals surface area (Å²) in [6.45, 7) is 6.87. The molecular weight excluding hydrogens is 372 g/mol. The number of amides is 1. The van der Waals surface area contributed by atoms with Crippen LogP contribution in [0.15, 0.2) is 18.5 Å². The summed E-state index contributed by atoms with van der Waals surface area (Å²) >= 11 is 1.70. The van der Waals surface area contributed by atoms with Crippen LogP contribution in [-0.4, -0.2) is 33.1 Å².